The summed E-state index contributed by atoms with van der Waals surface area (Å²) in [5.41, 5.74) is 1.63. The van der Waals surface area contributed by atoms with Crippen molar-refractivity contribution in [1.82, 2.24) is 20.2 Å². The van der Waals surface area contributed by atoms with Gasteiger partial charge in [-0.05, 0) is 60.6 Å². The Bertz CT molecular complexity index is 1130. The van der Waals surface area contributed by atoms with Crippen LogP contribution in [0.5, 0.6) is 0 Å². The minimum Gasteiger partial charge on any atom is -0.313 e. The molecule has 2 aromatic rings. The highest BCUT2D eigenvalue weighted by Crippen LogP contribution is 2.54. The molecule has 0 spiro atoms. The number of allylic oxidation sites excluding steroid dienone is 3. The predicted octanol–water partition coefficient (Wildman–Crippen LogP) is 2.68. The zero-order valence-corrected chi connectivity index (χ0v) is 16.3. The van der Waals surface area contributed by atoms with E-state index in [2.05, 4.69) is 57.9 Å². The summed E-state index contributed by atoms with van der Waals surface area (Å²) in [5, 5.41) is 17.5. The molecule has 8 heteroatoms. The van der Waals surface area contributed by atoms with Crippen molar-refractivity contribution < 1.29 is 0 Å². The molecule has 3 rings (SSSR count). The number of rotatable bonds is 7. The van der Waals surface area contributed by atoms with E-state index in [1.54, 1.807) is 12.3 Å². The summed E-state index contributed by atoms with van der Waals surface area (Å²) in [5.74, 6) is 0.777. The molecule has 2 aromatic heterocycles. The molecule has 1 fully saturated rings. The second kappa shape index (κ2) is 8.61. The van der Waals surface area contributed by atoms with Gasteiger partial charge in [-0.2, -0.15) is 5.26 Å². The number of nitriles is 1. The minimum absolute atomic E-state index is 0.154. The number of H-pyrrole nitrogens is 2. The topological polar surface area (TPSA) is 128 Å². The molecule has 29 heavy (non-hydrogen) atoms. The summed E-state index contributed by atoms with van der Waals surface area (Å²) in [6, 6.07) is 3.83. The first-order valence-electron chi connectivity index (χ1n) is 9.42. The fourth-order valence-corrected chi connectivity index (χ4v) is 3.66. The summed E-state index contributed by atoms with van der Waals surface area (Å²) >= 11 is 0. The van der Waals surface area contributed by atoms with Gasteiger partial charge in [0.1, 0.15) is 11.8 Å². The first-order chi connectivity index (χ1) is 14.0. The Hall–Kier alpha value is -3.60. The summed E-state index contributed by atoms with van der Waals surface area (Å²) in [6.07, 6.45) is 8.96. The fraction of sp³-hybridized carbons (Fsp3) is 0.333. The first-order valence-corrected chi connectivity index (χ1v) is 9.42. The second-order valence-electron chi connectivity index (χ2n) is 7.04. The van der Waals surface area contributed by atoms with Crippen molar-refractivity contribution in [2.45, 2.75) is 32.6 Å². The van der Waals surface area contributed by atoms with E-state index >= 15 is 0 Å². The molecule has 0 bridgehead atoms. The highest BCUT2D eigenvalue weighted by molar-refractivity contribution is 5.58. The molecule has 0 radical (unpaired) electrons. The monoisotopic (exact) mass is 390 g/mol. The van der Waals surface area contributed by atoms with E-state index in [1.807, 2.05) is 6.08 Å². The van der Waals surface area contributed by atoms with Gasteiger partial charge in [-0.25, -0.2) is 4.79 Å². The van der Waals surface area contributed by atoms with Crippen LogP contribution in [0.3, 0.4) is 0 Å². The van der Waals surface area contributed by atoms with E-state index < -0.39 is 11.2 Å². The third kappa shape index (κ3) is 4.29. The van der Waals surface area contributed by atoms with Gasteiger partial charge in [0, 0.05) is 12.4 Å². The third-order valence-electron chi connectivity index (χ3n) is 5.24. The zero-order chi connectivity index (χ0) is 21.0. The van der Waals surface area contributed by atoms with Crippen molar-refractivity contribution in [3.05, 3.63) is 68.3 Å². The first kappa shape index (κ1) is 20.1. The van der Waals surface area contributed by atoms with E-state index in [0.29, 0.717) is 11.6 Å². The molecular formula is C21H22N6O2. The average Bonchev–Trinajstić information content (AvgIpc) is 3.51. The number of hydrogen-bond acceptors (Lipinski definition) is 6. The number of aromatic nitrogens is 4. The van der Waals surface area contributed by atoms with Crippen molar-refractivity contribution in [2.24, 2.45) is 16.8 Å². The van der Waals surface area contributed by atoms with E-state index in [4.69, 9.17) is 0 Å². The van der Waals surface area contributed by atoms with Gasteiger partial charge < -0.3 is 4.98 Å². The largest absolute Gasteiger partial charge is 0.325 e. The third-order valence-corrected chi connectivity index (χ3v) is 5.24. The number of nitrogens with zero attached hydrogens (tertiary/aromatic N) is 4. The van der Waals surface area contributed by atoms with Crippen LogP contribution in [0, 0.1) is 23.2 Å². The number of aromatic amines is 2. The maximum atomic E-state index is 12.1. The molecule has 2 N–H and O–H groups in total. The fourth-order valence-electron chi connectivity index (χ4n) is 3.66. The van der Waals surface area contributed by atoms with Gasteiger partial charge >= 0.3 is 5.69 Å². The Kier molecular flexibility index (Phi) is 5.98. The smallest absolute Gasteiger partial charge is 0.313 e. The van der Waals surface area contributed by atoms with Crippen LogP contribution >= 0.6 is 0 Å². The standard InChI is InChI=1S/C21H22N6O2/c1-4-5-13(6-7-23-3)12(2)14-8-15(14)16-9-18(26-27-19(16)10-22)17-11-24-21(29)25-20(17)28/h5-7,9,11-12,14-15H,3-4,8H2,1-2H3,(H2,24,25,28,29)/b7-6-,13-5+/t12-,14-,15?/m1/s1. The Morgan fingerprint density at radius 3 is 2.93 bits per heavy atom. The predicted molar refractivity (Wildman–Crippen MR) is 110 cm³/mol. The maximum absolute atomic E-state index is 12.1. The normalized spacial score (nSPS) is 19.7. The quantitative estimate of drug-likeness (QED) is 0.555. The van der Waals surface area contributed by atoms with Gasteiger partial charge in [0.05, 0.1) is 5.56 Å². The lowest BCUT2D eigenvalue weighted by Gasteiger charge is -2.13. The molecule has 3 atom stereocenters. The molecule has 0 aliphatic heterocycles. The van der Waals surface area contributed by atoms with Crippen LogP contribution in [-0.2, 0) is 0 Å². The molecule has 1 unspecified atom stereocenters. The molecule has 8 nitrogen and oxygen atoms in total. The van der Waals surface area contributed by atoms with Gasteiger partial charge in [0.2, 0.25) is 0 Å². The summed E-state index contributed by atoms with van der Waals surface area (Å²) in [7, 11) is 0. The minimum atomic E-state index is -0.589. The van der Waals surface area contributed by atoms with Crippen LogP contribution in [0.2, 0.25) is 0 Å². The lowest BCUT2D eigenvalue weighted by atomic mass is 9.92. The summed E-state index contributed by atoms with van der Waals surface area (Å²) < 4.78 is 0. The van der Waals surface area contributed by atoms with Crippen LogP contribution in [0.25, 0.3) is 11.3 Å². The van der Waals surface area contributed by atoms with Crippen molar-refractivity contribution in [1.29, 1.82) is 5.26 Å². The zero-order valence-electron chi connectivity index (χ0n) is 16.3. The van der Waals surface area contributed by atoms with Crippen LogP contribution in [-0.4, -0.2) is 26.9 Å². The Morgan fingerprint density at radius 1 is 1.48 bits per heavy atom. The van der Waals surface area contributed by atoms with Gasteiger partial charge in [-0.15, -0.1) is 10.2 Å². The van der Waals surface area contributed by atoms with Crippen LogP contribution in [0.4, 0.5) is 0 Å². The Balaban J connectivity index is 1.93. The van der Waals surface area contributed by atoms with Gasteiger partial charge in [0.25, 0.3) is 5.56 Å². The Morgan fingerprint density at radius 2 is 2.28 bits per heavy atom. The van der Waals surface area contributed by atoms with Gasteiger partial charge in [-0.1, -0.05) is 19.9 Å². The van der Waals surface area contributed by atoms with Crippen LogP contribution in [0.15, 0.2) is 50.8 Å². The SMILES string of the molecule is C=N/C=C\C(=C/CC)[C@@H](C)[C@H]1CC1c1cc(-c2c[nH]c(=O)[nH]c2=O)nnc1C#N. The number of nitrogens with one attached hydrogen (secondary N) is 2. The van der Waals surface area contributed by atoms with Gasteiger partial charge in [0.15, 0.2) is 5.69 Å². The second-order valence-corrected chi connectivity index (χ2v) is 7.04. The molecule has 0 aromatic carbocycles. The van der Waals surface area contributed by atoms with Gasteiger partial charge in [-0.3, -0.25) is 14.8 Å². The molecule has 0 saturated heterocycles. The van der Waals surface area contributed by atoms with E-state index in [9.17, 15) is 14.9 Å². The molecule has 2 heterocycles. The average molecular weight is 390 g/mol. The molecule has 1 aliphatic rings. The lowest BCUT2D eigenvalue weighted by molar-refractivity contribution is 0.584. The number of aliphatic imine (C=N–C) groups is 1. The van der Waals surface area contributed by atoms with E-state index in [-0.39, 0.29) is 23.1 Å². The van der Waals surface area contributed by atoms with Crippen molar-refractivity contribution in [2.75, 3.05) is 0 Å². The van der Waals surface area contributed by atoms with Crippen molar-refractivity contribution in [3.63, 3.8) is 0 Å². The molecule has 148 valence electrons. The molecular weight excluding hydrogens is 368 g/mol. The highest BCUT2D eigenvalue weighted by atomic mass is 16.2. The maximum Gasteiger partial charge on any atom is 0.325 e. The molecule has 1 aliphatic carbocycles. The highest BCUT2D eigenvalue weighted by Gasteiger charge is 2.44. The van der Waals surface area contributed by atoms with E-state index in [0.717, 1.165) is 18.4 Å². The van der Waals surface area contributed by atoms with Crippen molar-refractivity contribution in [3.8, 4) is 17.3 Å². The van der Waals surface area contributed by atoms with E-state index in [1.165, 1.54) is 11.8 Å². The Labute approximate surface area is 167 Å². The van der Waals surface area contributed by atoms with Crippen molar-refractivity contribution >= 4 is 6.72 Å². The molecule has 0 amide bonds. The lowest BCUT2D eigenvalue weighted by Crippen LogP contribution is -2.23. The van der Waals surface area contributed by atoms with Crippen LogP contribution < -0.4 is 11.2 Å². The van der Waals surface area contributed by atoms with Crippen LogP contribution in [0.1, 0.15) is 43.9 Å². The number of hydrogen-bond donors (Lipinski definition) is 2. The molecule has 1 saturated carbocycles. The summed E-state index contributed by atoms with van der Waals surface area (Å²) in [6.45, 7) is 7.73. The summed E-state index contributed by atoms with van der Waals surface area (Å²) in [4.78, 5) is 31.8.